The fourth-order valence-electron chi connectivity index (χ4n) is 2.33. The monoisotopic (exact) mass is 327 g/mol. The van der Waals surface area contributed by atoms with Gasteiger partial charge in [0.15, 0.2) is 0 Å². The maximum atomic E-state index is 10.0. The summed E-state index contributed by atoms with van der Waals surface area (Å²) >= 11 is 0. The number of aliphatic hydroxyl groups is 1. The van der Waals surface area contributed by atoms with Crippen LogP contribution in [0.5, 0.6) is 0 Å². The van der Waals surface area contributed by atoms with Crippen LogP contribution < -0.4 is 0 Å². The van der Waals surface area contributed by atoms with Gasteiger partial charge in [-0.1, -0.05) is 69.9 Å². The van der Waals surface area contributed by atoms with Crippen molar-refractivity contribution in [3.05, 3.63) is 53.9 Å². The SMILES string of the molecule is CCCC/C=C/c1cccc(/C=C/C(O)C/C=C/CCCCC)n1. The third-order valence-corrected chi connectivity index (χ3v) is 3.81. The largest absolute Gasteiger partial charge is 0.389 e. The van der Waals surface area contributed by atoms with Crippen molar-refractivity contribution in [1.82, 2.24) is 4.98 Å². The summed E-state index contributed by atoms with van der Waals surface area (Å²) in [5.41, 5.74) is 1.86. The predicted molar refractivity (Wildman–Crippen MR) is 106 cm³/mol. The van der Waals surface area contributed by atoms with Crippen molar-refractivity contribution >= 4 is 12.2 Å². The quantitative estimate of drug-likeness (QED) is 0.367. The molecule has 0 saturated heterocycles. The molecule has 0 fully saturated rings. The molecule has 1 unspecified atom stereocenters. The van der Waals surface area contributed by atoms with E-state index >= 15 is 0 Å². The lowest BCUT2D eigenvalue weighted by Gasteiger charge is -2.01. The van der Waals surface area contributed by atoms with E-state index in [0.717, 1.165) is 24.2 Å². The molecule has 132 valence electrons. The summed E-state index contributed by atoms with van der Waals surface area (Å²) in [5, 5.41) is 10.0. The highest BCUT2D eigenvalue weighted by Gasteiger charge is 1.96. The van der Waals surface area contributed by atoms with E-state index in [-0.39, 0.29) is 0 Å². The Hall–Kier alpha value is -1.67. The van der Waals surface area contributed by atoms with Gasteiger partial charge in [-0.2, -0.15) is 0 Å². The fourth-order valence-corrected chi connectivity index (χ4v) is 2.33. The number of unbranched alkanes of at least 4 members (excludes halogenated alkanes) is 5. The first-order valence-corrected chi connectivity index (χ1v) is 9.41. The Kier molecular flexibility index (Phi) is 11.7. The van der Waals surface area contributed by atoms with E-state index in [1.165, 1.54) is 32.1 Å². The molecule has 1 rings (SSSR count). The molecule has 2 heteroatoms. The minimum atomic E-state index is -0.446. The van der Waals surface area contributed by atoms with E-state index in [9.17, 15) is 5.11 Å². The summed E-state index contributed by atoms with van der Waals surface area (Å²) in [7, 11) is 0. The van der Waals surface area contributed by atoms with Gasteiger partial charge in [-0.3, -0.25) is 0 Å². The Bertz CT molecular complexity index is 516. The van der Waals surface area contributed by atoms with Crippen LogP contribution in [0.25, 0.3) is 12.2 Å². The van der Waals surface area contributed by atoms with Crippen molar-refractivity contribution in [3.63, 3.8) is 0 Å². The van der Waals surface area contributed by atoms with Gasteiger partial charge >= 0.3 is 0 Å². The van der Waals surface area contributed by atoms with Crippen LogP contribution in [0.2, 0.25) is 0 Å². The standard InChI is InChI=1S/C22H33NO/c1-3-5-7-9-10-12-17-22(24)19-18-21-16-13-15-20(23-21)14-11-8-6-4-2/h10-16,18-19,22,24H,3-9,17H2,1-2H3/b12-10+,14-11+,19-18+. The smallest absolute Gasteiger partial charge is 0.0759 e. The number of rotatable bonds is 12. The number of hydrogen-bond acceptors (Lipinski definition) is 2. The van der Waals surface area contributed by atoms with Gasteiger partial charge in [0.1, 0.15) is 0 Å². The Balaban J connectivity index is 2.41. The van der Waals surface area contributed by atoms with Gasteiger partial charge in [0.25, 0.3) is 0 Å². The molecule has 0 spiro atoms. The van der Waals surface area contributed by atoms with Gasteiger partial charge < -0.3 is 5.11 Å². The molecule has 1 N–H and O–H groups in total. The van der Waals surface area contributed by atoms with Gasteiger partial charge in [0.2, 0.25) is 0 Å². The average molecular weight is 328 g/mol. The minimum Gasteiger partial charge on any atom is -0.389 e. The van der Waals surface area contributed by atoms with Crippen molar-refractivity contribution in [3.8, 4) is 0 Å². The number of aliphatic hydroxyl groups excluding tert-OH is 1. The molecule has 0 aliphatic carbocycles. The molecule has 0 amide bonds. The molecule has 2 nitrogen and oxygen atoms in total. The Morgan fingerprint density at radius 2 is 1.62 bits per heavy atom. The number of nitrogens with zero attached hydrogens (tertiary/aromatic N) is 1. The van der Waals surface area contributed by atoms with Crippen LogP contribution in [0, 0.1) is 0 Å². The topological polar surface area (TPSA) is 33.1 Å². The van der Waals surface area contributed by atoms with Crippen LogP contribution in [0.3, 0.4) is 0 Å². The van der Waals surface area contributed by atoms with Crippen molar-refractivity contribution in [2.24, 2.45) is 0 Å². The normalized spacial score (nSPS) is 13.5. The maximum absolute atomic E-state index is 10.0. The highest BCUT2D eigenvalue weighted by Crippen LogP contribution is 2.07. The van der Waals surface area contributed by atoms with Gasteiger partial charge in [-0.05, 0) is 50.0 Å². The number of aromatic nitrogens is 1. The lowest BCUT2D eigenvalue weighted by atomic mass is 10.1. The molecule has 24 heavy (non-hydrogen) atoms. The second kappa shape index (κ2) is 13.7. The number of pyridine rings is 1. The van der Waals surface area contributed by atoms with Crippen molar-refractivity contribution < 1.29 is 5.11 Å². The predicted octanol–water partition coefficient (Wildman–Crippen LogP) is 6.19. The highest BCUT2D eigenvalue weighted by atomic mass is 16.3. The second-order valence-electron chi connectivity index (χ2n) is 6.16. The fraction of sp³-hybridized carbons (Fsp3) is 0.500. The van der Waals surface area contributed by atoms with Gasteiger partial charge in [0.05, 0.1) is 17.5 Å². The van der Waals surface area contributed by atoms with E-state index in [0.29, 0.717) is 6.42 Å². The Labute approximate surface area is 148 Å². The molecule has 1 heterocycles. The first kappa shape index (κ1) is 20.4. The Morgan fingerprint density at radius 3 is 2.38 bits per heavy atom. The third kappa shape index (κ3) is 10.2. The lowest BCUT2D eigenvalue weighted by molar-refractivity contribution is 0.227. The zero-order chi connectivity index (χ0) is 17.5. The van der Waals surface area contributed by atoms with Crippen LogP contribution in [0.1, 0.15) is 76.6 Å². The van der Waals surface area contributed by atoms with Crippen molar-refractivity contribution in [1.29, 1.82) is 0 Å². The van der Waals surface area contributed by atoms with Crippen molar-refractivity contribution in [2.45, 2.75) is 71.3 Å². The minimum absolute atomic E-state index is 0.446. The molecule has 0 saturated carbocycles. The molecule has 1 atom stereocenters. The van der Waals surface area contributed by atoms with Crippen LogP contribution in [0.15, 0.2) is 42.5 Å². The van der Waals surface area contributed by atoms with Gasteiger partial charge in [0, 0.05) is 0 Å². The number of allylic oxidation sites excluding steroid dienone is 2. The average Bonchev–Trinajstić information content (AvgIpc) is 2.60. The van der Waals surface area contributed by atoms with Crippen LogP contribution in [-0.4, -0.2) is 16.2 Å². The molecule has 0 aliphatic heterocycles. The first-order valence-electron chi connectivity index (χ1n) is 9.41. The van der Waals surface area contributed by atoms with Gasteiger partial charge in [-0.25, -0.2) is 4.98 Å². The van der Waals surface area contributed by atoms with E-state index in [4.69, 9.17) is 0 Å². The highest BCUT2D eigenvalue weighted by molar-refractivity contribution is 5.51. The second-order valence-corrected chi connectivity index (χ2v) is 6.16. The van der Waals surface area contributed by atoms with E-state index in [1.807, 2.05) is 30.4 Å². The Morgan fingerprint density at radius 1 is 0.917 bits per heavy atom. The number of hydrogen-bond donors (Lipinski definition) is 1. The van der Waals surface area contributed by atoms with Crippen molar-refractivity contribution in [2.75, 3.05) is 0 Å². The summed E-state index contributed by atoms with van der Waals surface area (Å²) in [4.78, 5) is 4.57. The van der Waals surface area contributed by atoms with Crippen LogP contribution in [0.4, 0.5) is 0 Å². The summed E-state index contributed by atoms with van der Waals surface area (Å²) in [6.45, 7) is 4.41. The molecular formula is C22H33NO. The van der Waals surface area contributed by atoms with E-state index in [2.05, 4.69) is 43.1 Å². The first-order chi connectivity index (χ1) is 11.8. The molecule has 0 radical (unpaired) electrons. The lowest BCUT2D eigenvalue weighted by Crippen LogP contribution is -1.99. The van der Waals surface area contributed by atoms with Crippen LogP contribution >= 0.6 is 0 Å². The van der Waals surface area contributed by atoms with Gasteiger partial charge in [-0.15, -0.1) is 0 Å². The summed E-state index contributed by atoms with van der Waals surface area (Å²) in [5.74, 6) is 0. The molecule has 1 aromatic heterocycles. The zero-order valence-corrected chi connectivity index (χ0v) is 15.3. The molecule has 1 aromatic rings. The van der Waals surface area contributed by atoms with Crippen LogP contribution in [-0.2, 0) is 0 Å². The molecular weight excluding hydrogens is 294 g/mol. The van der Waals surface area contributed by atoms with E-state index in [1.54, 1.807) is 0 Å². The summed E-state index contributed by atoms with van der Waals surface area (Å²) in [6.07, 6.45) is 20.8. The molecule has 0 bridgehead atoms. The molecule has 0 aromatic carbocycles. The maximum Gasteiger partial charge on any atom is 0.0759 e. The molecule has 0 aliphatic rings. The van der Waals surface area contributed by atoms with E-state index < -0.39 is 6.10 Å². The summed E-state index contributed by atoms with van der Waals surface area (Å²) in [6, 6.07) is 5.98. The zero-order valence-electron chi connectivity index (χ0n) is 15.3. The third-order valence-electron chi connectivity index (χ3n) is 3.81. The summed E-state index contributed by atoms with van der Waals surface area (Å²) < 4.78 is 0.